The molecule has 0 spiro atoms. The molecule has 2 aromatic carbocycles. The van der Waals surface area contributed by atoms with Crippen molar-refractivity contribution < 1.29 is 9.53 Å². The molecule has 8 rings (SSSR count). The number of hydrogen-bond donors (Lipinski definition) is 0. The maximum atomic E-state index is 13.2. The first kappa shape index (κ1) is 22.1. The topological polar surface area (TPSA) is 51.8 Å². The Morgan fingerprint density at radius 2 is 1.58 bits per heavy atom. The van der Waals surface area contributed by atoms with Crippen LogP contribution < -0.4 is 0 Å². The van der Waals surface area contributed by atoms with Crippen LogP contribution in [0.1, 0.15) is 60.3 Å². The summed E-state index contributed by atoms with van der Waals surface area (Å²) in [6.45, 7) is 1.36. The standard InChI is InChI=1S/C30H34N4O2/c1-32(30-15-21-12-22(16-30)14-23(13-21)17-30)19-24-27(28(35)36-2)34-26-11-7-6-10-25(26)33(29(34)31-24)18-20-8-4-3-5-9-20/h3-11,21-23H,12-19H2,1-2H3. The largest absolute Gasteiger partial charge is 0.464 e. The molecule has 0 N–H and O–H groups in total. The molecule has 0 atom stereocenters. The lowest BCUT2D eigenvalue weighted by molar-refractivity contribution is -0.0825. The number of benzene rings is 2. The van der Waals surface area contributed by atoms with Crippen molar-refractivity contribution in [1.82, 2.24) is 18.9 Å². The SMILES string of the molecule is COC(=O)c1c(CN(C)C23CC4CC(CC(C4)C2)C3)nc2n(Cc3ccccc3)c3ccccc3n12. The van der Waals surface area contributed by atoms with Crippen molar-refractivity contribution in [1.29, 1.82) is 0 Å². The van der Waals surface area contributed by atoms with E-state index in [1.807, 2.05) is 22.6 Å². The van der Waals surface area contributed by atoms with E-state index in [4.69, 9.17) is 9.72 Å². The molecule has 4 bridgehead atoms. The predicted molar refractivity (Wildman–Crippen MR) is 140 cm³/mol. The number of fused-ring (bicyclic) bond motifs is 3. The summed E-state index contributed by atoms with van der Waals surface area (Å²) in [5.74, 6) is 3.10. The van der Waals surface area contributed by atoms with Gasteiger partial charge in [-0.15, -0.1) is 0 Å². The molecule has 0 saturated heterocycles. The Kier molecular flexibility index (Phi) is 5.04. The first-order valence-electron chi connectivity index (χ1n) is 13.4. The molecule has 0 radical (unpaired) electrons. The van der Waals surface area contributed by atoms with Gasteiger partial charge in [-0.1, -0.05) is 42.5 Å². The number of esters is 1. The van der Waals surface area contributed by atoms with Crippen LogP contribution in [0.15, 0.2) is 54.6 Å². The summed E-state index contributed by atoms with van der Waals surface area (Å²) in [5.41, 5.74) is 4.89. The highest BCUT2D eigenvalue weighted by Crippen LogP contribution is 2.57. The first-order valence-corrected chi connectivity index (χ1v) is 13.4. The molecular formula is C30H34N4O2. The van der Waals surface area contributed by atoms with Crippen LogP contribution in [-0.2, 0) is 17.8 Å². The van der Waals surface area contributed by atoms with Crippen LogP contribution in [-0.4, -0.2) is 44.5 Å². The van der Waals surface area contributed by atoms with E-state index in [1.54, 1.807) is 0 Å². The van der Waals surface area contributed by atoms with Crippen molar-refractivity contribution in [3.8, 4) is 0 Å². The number of hydrogen-bond acceptors (Lipinski definition) is 4. The van der Waals surface area contributed by atoms with E-state index in [2.05, 4.69) is 52.9 Å². The van der Waals surface area contributed by atoms with Crippen molar-refractivity contribution in [3.05, 3.63) is 71.5 Å². The lowest BCUT2D eigenvalue weighted by Gasteiger charge is -2.60. The molecule has 2 aromatic heterocycles. The molecule has 4 aliphatic carbocycles. The fraction of sp³-hybridized carbons (Fsp3) is 0.467. The molecule has 4 fully saturated rings. The molecular weight excluding hydrogens is 448 g/mol. The minimum atomic E-state index is -0.320. The lowest BCUT2D eigenvalue weighted by atomic mass is 9.52. The van der Waals surface area contributed by atoms with E-state index < -0.39 is 0 Å². The highest BCUT2D eigenvalue weighted by molar-refractivity contribution is 5.93. The molecule has 0 aliphatic heterocycles. The molecule has 36 heavy (non-hydrogen) atoms. The normalized spacial score (nSPS) is 26.9. The Balaban J connectivity index is 1.34. The summed E-state index contributed by atoms with van der Waals surface area (Å²) >= 11 is 0. The number of ether oxygens (including phenoxy) is 1. The van der Waals surface area contributed by atoms with Crippen LogP contribution in [0.4, 0.5) is 0 Å². The van der Waals surface area contributed by atoms with Gasteiger partial charge in [0.05, 0.1) is 30.4 Å². The summed E-state index contributed by atoms with van der Waals surface area (Å²) in [5, 5.41) is 0. The molecule has 4 saturated carbocycles. The Morgan fingerprint density at radius 1 is 0.972 bits per heavy atom. The molecule has 4 aromatic rings. The summed E-state index contributed by atoms with van der Waals surface area (Å²) in [6.07, 6.45) is 8.14. The van der Waals surface area contributed by atoms with Crippen LogP contribution in [0.25, 0.3) is 16.8 Å². The van der Waals surface area contributed by atoms with Crippen LogP contribution in [0.3, 0.4) is 0 Å². The maximum absolute atomic E-state index is 13.2. The van der Waals surface area contributed by atoms with Crippen molar-refractivity contribution >= 4 is 22.8 Å². The van der Waals surface area contributed by atoms with E-state index in [-0.39, 0.29) is 11.5 Å². The highest BCUT2D eigenvalue weighted by atomic mass is 16.5. The van der Waals surface area contributed by atoms with Gasteiger partial charge in [0.25, 0.3) is 0 Å². The predicted octanol–water partition coefficient (Wildman–Crippen LogP) is 5.52. The van der Waals surface area contributed by atoms with Crippen molar-refractivity contribution in [2.24, 2.45) is 17.8 Å². The second-order valence-corrected chi connectivity index (χ2v) is 11.6. The van der Waals surface area contributed by atoms with E-state index >= 15 is 0 Å². The van der Waals surface area contributed by atoms with Gasteiger partial charge in [-0.25, -0.2) is 9.78 Å². The van der Waals surface area contributed by atoms with Gasteiger partial charge in [0, 0.05) is 12.1 Å². The van der Waals surface area contributed by atoms with Crippen molar-refractivity contribution in [2.75, 3.05) is 14.2 Å². The van der Waals surface area contributed by atoms with Gasteiger partial charge in [0.1, 0.15) is 0 Å². The zero-order valence-electron chi connectivity index (χ0n) is 21.2. The zero-order valence-corrected chi connectivity index (χ0v) is 21.2. The average Bonchev–Trinajstić information content (AvgIpc) is 3.38. The molecule has 186 valence electrons. The quantitative estimate of drug-likeness (QED) is 0.339. The number of imidazole rings is 2. The van der Waals surface area contributed by atoms with E-state index in [0.29, 0.717) is 18.8 Å². The summed E-state index contributed by atoms with van der Waals surface area (Å²) < 4.78 is 9.57. The number of aromatic nitrogens is 3. The third-order valence-corrected chi connectivity index (χ3v) is 9.35. The maximum Gasteiger partial charge on any atom is 0.357 e. The third kappa shape index (κ3) is 3.34. The van der Waals surface area contributed by atoms with Gasteiger partial charge in [-0.3, -0.25) is 9.30 Å². The minimum Gasteiger partial charge on any atom is -0.464 e. The fourth-order valence-corrected chi connectivity index (χ4v) is 8.11. The summed E-state index contributed by atoms with van der Waals surface area (Å²) in [6, 6.07) is 18.7. The number of carbonyl (C=O) groups is 1. The Labute approximate surface area is 211 Å². The second-order valence-electron chi connectivity index (χ2n) is 11.6. The summed E-state index contributed by atoms with van der Waals surface area (Å²) in [4.78, 5) is 20.9. The molecule has 6 heteroatoms. The van der Waals surface area contributed by atoms with Crippen LogP contribution in [0, 0.1) is 17.8 Å². The van der Waals surface area contributed by atoms with Gasteiger partial charge in [-0.05, 0) is 81.0 Å². The lowest BCUT2D eigenvalue weighted by Crippen LogP contribution is -2.58. The zero-order chi connectivity index (χ0) is 24.4. The van der Waals surface area contributed by atoms with E-state index in [0.717, 1.165) is 40.3 Å². The number of para-hydroxylation sites is 2. The molecule has 2 heterocycles. The molecule has 4 aliphatic rings. The van der Waals surface area contributed by atoms with Crippen LogP contribution >= 0.6 is 0 Å². The number of carbonyl (C=O) groups excluding carboxylic acids is 1. The summed E-state index contributed by atoms with van der Waals surface area (Å²) in [7, 11) is 3.73. The Hall–Kier alpha value is -3.12. The number of methoxy groups -OCH3 is 1. The number of rotatable bonds is 6. The van der Waals surface area contributed by atoms with Gasteiger partial charge < -0.3 is 9.30 Å². The molecule has 6 nitrogen and oxygen atoms in total. The Bertz CT molecular complexity index is 1410. The fourth-order valence-electron chi connectivity index (χ4n) is 8.11. The molecule has 0 amide bonds. The van der Waals surface area contributed by atoms with E-state index in [1.165, 1.54) is 51.2 Å². The van der Waals surface area contributed by atoms with Gasteiger partial charge >= 0.3 is 5.97 Å². The highest BCUT2D eigenvalue weighted by Gasteiger charge is 2.52. The van der Waals surface area contributed by atoms with Crippen molar-refractivity contribution in [3.63, 3.8) is 0 Å². The minimum absolute atomic E-state index is 0.248. The Morgan fingerprint density at radius 3 is 2.22 bits per heavy atom. The first-order chi connectivity index (χ1) is 17.5. The average molecular weight is 483 g/mol. The third-order valence-electron chi connectivity index (χ3n) is 9.35. The van der Waals surface area contributed by atoms with Gasteiger partial charge in [-0.2, -0.15) is 0 Å². The van der Waals surface area contributed by atoms with Crippen molar-refractivity contribution in [2.45, 2.75) is 57.2 Å². The van der Waals surface area contributed by atoms with Gasteiger partial charge in [0.2, 0.25) is 5.78 Å². The number of nitrogens with zero attached hydrogens (tertiary/aromatic N) is 4. The van der Waals surface area contributed by atoms with Gasteiger partial charge in [0.15, 0.2) is 5.69 Å². The van der Waals surface area contributed by atoms with Crippen LogP contribution in [0.5, 0.6) is 0 Å². The molecule has 0 unspecified atom stereocenters. The smallest absolute Gasteiger partial charge is 0.357 e. The second kappa shape index (κ2) is 8.20. The monoisotopic (exact) mass is 482 g/mol. The van der Waals surface area contributed by atoms with Crippen LogP contribution in [0.2, 0.25) is 0 Å². The van der Waals surface area contributed by atoms with E-state index in [9.17, 15) is 4.79 Å².